The van der Waals surface area contributed by atoms with E-state index >= 15 is 0 Å². The summed E-state index contributed by atoms with van der Waals surface area (Å²) in [5.41, 5.74) is 4.54. The molecule has 0 unspecified atom stereocenters. The van der Waals surface area contributed by atoms with Crippen molar-refractivity contribution in [1.29, 1.82) is 0 Å². The number of para-hydroxylation sites is 2. The molecule has 2 aromatic carbocycles. The topological polar surface area (TPSA) is 27.1 Å². The van der Waals surface area contributed by atoms with Gasteiger partial charge in [0, 0.05) is 6.04 Å². The van der Waals surface area contributed by atoms with E-state index < -0.39 is 0 Å². The number of ether oxygens (including phenoxy) is 1. The van der Waals surface area contributed by atoms with Crippen molar-refractivity contribution in [2.24, 2.45) is 0 Å². The highest BCUT2D eigenvalue weighted by atomic mass is 16.5. The van der Waals surface area contributed by atoms with Gasteiger partial charge in [0.25, 0.3) is 0 Å². The Morgan fingerprint density at radius 2 is 1.86 bits per heavy atom. The van der Waals surface area contributed by atoms with E-state index in [1.54, 1.807) is 0 Å². The lowest BCUT2D eigenvalue weighted by molar-refractivity contribution is 0.285. The quantitative estimate of drug-likeness (QED) is 0.690. The van der Waals surface area contributed by atoms with Gasteiger partial charge < -0.3 is 9.30 Å². The van der Waals surface area contributed by atoms with E-state index in [0.29, 0.717) is 12.6 Å². The second kappa shape index (κ2) is 5.84. The van der Waals surface area contributed by atoms with Gasteiger partial charge in [-0.25, -0.2) is 4.98 Å². The minimum Gasteiger partial charge on any atom is -0.485 e. The number of imidazole rings is 1. The first-order valence-electron chi connectivity index (χ1n) is 7.72. The van der Waals surface area contributed by atoms with Crippen LogP contribution in [0.3, 0.4) is 0 Å². The van der Waals surface area contributed by atoms with E-state index in [2.05, 4.69) is 68.7 Å². The Morgan fingerprint density at radius 1 is 1.09 bits per heavy atom. The number of aromatic nitrogens is 2. The van der Waals surface area contributed by atoms with Gasteiger partial charge in [-0.15, -0.1) is 0 Å². The van der Waals surface area contributed by atoms with Crippen molar-refractivity contribution in [1.82, 2.24) is 9.55 Å². The SMILES string of the molecule is Cc1ccc(C)c(OCc2nc3ccccc3n2C(C)C)c1. The van der Waals surface area contributed by atoms with Crippen LogP contribution in [0.1, 0.15) is 36.8 Å². The summed E-state index contributed by atoms with van der Waals surface area (Å²) >= 11 is 0. The predicted molar refractivity (Wildman–Crippen MR) is 90.4 cm³/mol. The number of fused-ring (bicyclic) bond motifs is 1. The largest absolute Gasteiger partial charge is 0.485 e. The van der Waals surface area contributed by atoms with Gasteiger partial charge in [-0.3, -0.25) is 0 Å². The minimum atomic E-state index is 0.351. The lowest BCUT2D eigenvalue weighted by Crippen LogP contribution is -2.09. The zero-order chi connectivity index (χ0) is 15.7. The van der Waals surface area contributed by atoms with Gasteiger partial charge in [0.15, 0.2) is 0 Å². The summed E-state index contributed by atoms with van der Waals surface area (Å²) in [6.07, 6.45) is 0. The van der Waals surface area contributed by atoms with Gasteiger partial charge in [0.2, 0.25) is 0 Å². The monoisotopic (exact) mass is 294 g/mol. The molecule has 0 bridgehead atoms. The van der Waals surface area contributed by atoms with Gasteiger partial charge in [-0.2, -0.15) is 0 Å². The molecule has 0 aliphatic rings. The molecule has 22 heavy (non-hydrogen) atoms. The van der Waals surface area contributed by atoms with Gasteiger partial charge in [-0.1, -0.05) is 24.3 Å². The van der Waals surface area contributed by atoms with E-state index in [9.17, 15) is 0 Å². The lowest BCUT2D eigenvalue weighted by atomic mass is 10.1. The van der Waals surface area contributed by atoms with Crippen molar-refractivity contribution >= 4 is 11.0 Å². The van der Waals surface area contributed by atoms with Crippen LogP contribution in [0.25, 0.3) is 11.0 Å². The summed E-state index contributed by atoms with van der Waals surface area (Å²) in [5, 5.41) is 0. The molecular weight excluding hydrogens is 272 g/mol. The normalized spacial score (nSPS) is 11.3. The molecule has 0 amide bonds. The zero-order valence-electron chi connectivity index (χ0n) is 13.6. The summed E-state index contributed by atoms with van der Waals surface area (Å²) in [7, 11) is 0. The number of hydrogen-bond donors (Lipinski definition) is 0. The van der Waals surface area contributed by atoms with Crippen LogP contribution < -0.4 is 4.74 Å². The predicted octanol–water partition coefficient (Wildman–Crippen LogP) is 4.81. The van der Waals surface area contributed by atoms with Crippen LogP contribution in [-0.4, -0.2) is 9.55 Å². The van der Waals surface area contributed by atoms with Crippen LogP contribution in [-0.2, 0) is 6.61 Å². The summed E-state index contributed by atoms with van der Waals surface area (Å²) < 4.78 is 8.29. The smallest absolute Gasteiger partial charge is 0.148 e. The molecule has 0 spiro atoms. The molecule has 3 aromatic rings. The highest BCUT2D eigenvalue weighted by Crippen LogP contribution is 2.24. The fraction of sp³-hybridized carbons (Fsp3) is 0.316. The third kappa shape index (κ3) is 2.71. The summed E-state index contributed by atoms with van der Waals surface area (Å²) in [4.78, 5) is 4.74. The van der Waals surface area contributed by atoms with Crippen LogP contribution in [0, 0.1) is 13.8 Å². The minimum absolute atomic E-state index is 0.351. The Hall–Kier alpha value is -2.29. The number of aryl methyl sites for hydroxylation is 2. The van der Waals surface area contributed by atoms with E-state index in [1.165, 1.54) is 5.56 Å². The first-order valence-corrected chi connectivity index (χ1v) is 7.72. The molecular formula is C19H22N2O. The van der Waals surface area contributed by atoms with E-state index in [0.717, 1.165) is 28.2 Å². The molecule has 114 valence electrons. The fourth-order valence-corrected chi connectivity index (χ4v) is 2.78. The van der Waals surface area contributed by atoms with Crippen LogP contribution in [0.5, 0.6) is 5.75 Å². The van der Waals surface area contributed by atoms with E-state index in [1.807, 2.05) is 6.07 Å². The molecule has 0 aliphatic carbocycles. The second-order valence-corrected chi connectivity index (χ2v) is 6.04. The standard InChI is InChI=1S/C19H22N2O/c1-13(2)21-17-8-6-5-7-16(17)20-19(21)12-22-18-11-14(3)9-10-15(18)4/h5-11,13H,12H2,1-4H3. The van der Waals surface area contributed by atoms with E-state index in [4.69, 9.17) is 9.72 Å². The third-order valence-corrected chi connectivity index (χ3v) is 3.89. The first kappa shape index (κ1) is 14.6. The molecule has 0 aliphatic heterocycles. The number of rotatable bonds is 4. The molecule has 0 saturated heterocycles. The molecule has 3 rings (SSSR count). The third-order valence-electron chi connectivity index (χ3n) is 3.89. The van der Waals surface area contributed by atoms with E-state index in [-0.39, 0.29) is 0 Å². The molecule has 3 heteroatoms. The van der Waals surface area contributed by atoms with Crippen molar-refractivity contribution in [3.8, 4) is 5.75 Å². The Kier molecular flexibility index (Phi) is 3.88. The average molecular weight is 294 g/mol. The van der Waals surface area contributed by atoms with Gasteiger partial charge >= 0.3 is 0 Å². The summed E-state index contributed by atoms with van der Waals surface area (Å²) in [6, 6.07) is 14.9. The highest BCUT2D eigenvalue weighted by molar-refractivity contribution is 5.76. The Bertz CT molecular complexity index is 802. The molecule has 0 N–H and O–H groups in total. The van der Waals surface area contributed by atoms with Gasteiger partial charge in [-0.05, 0) is 57.0 Å². The van der Waals surface area contributed by atoms with Crippen LogP contribution in [0.4, 0.5) is 0 Å². The number of hydrogen-bond acceptors (Lipinski definition) is 2. The van der Waals surface area contributed by atoms with Gasteiger partial charge in [0.05, 0.1) is 11.0 Å². The van der Waals surface area contributed by atoms with Crippen LogP contribution in [0.2, 0.25) is 0 Å². The fourth-order valence-electron chi connectivity index (χ4n) is 2.78. The first-order chi connectivity index (χ1) is 10.6. The molecule has 0 saturated carbocycles. The maximum absolute atomic E-state index is 6.04. The summed E-state index contributed by atoms with van der Waals surface area (Å²) in [5.74, 6) is 1.90. The van der Waals surface area contributed by atoms with Gasteiger partial charge in [0.1, 0.15) is 18.2 Å². The van der Waals surface area contributed by atoms with Crippen molar-refractivity contribution < 1.29 is 4.74 Å². The van der Waals surface area contributed by atoms with Crippen molar-refractivity contribution in [2.45, 2.75) is 40.3 Å². The Labute approximate surface area is 131 Å². The zero-order valence-corrected chi connectivity index (χ0v) is 13.6. The molecule has 3 nitrogen and oxygen atoms in total. The number of benzene rings is 2. The molecule has 1 heterocycles. The molecule has 0 atom stereocenters. The maximum Gasteiger partial charge on any atom is 0.148 e. The molecule has 0 radical (unpaired) electrons. The Morgan fingerprint density at radius 3 is 2.64 bits per heavy atom. The van der Waals surface area contributed by atoms with Crippen molar-refractivity contribution in [2.75, 3.05) is 0 Å². The second-order valence-electron chi connectivity index (χ2n) is 6.04. The highest BCUT2D eigenvalue weighted by Gasteiger charge is 2.13. The molecule has 0 fully saturated rings. The van der Waals surface area contributed by atoms with Crippen LogP contribution >= 0.6 is 0 Å². The number of nitrogens with zero attached hydrogens (tertiary/aromatic N) is 2. The summed E-state index contributed by atoms with van der Waals surface area (Å²) in [6.45, 7) is 8.98. The Balaban J connectivity index is 1.93. The molecule has 1 aromatic heterocycles. The van der Waals surface area contributed by atoms with Crippen molar-refractivity contribution in [3.05, 3.63) is 59.4 Å². The van der Waals surface area contributed by atoms with Crippen LogP contribution in [0.15, 0.2) is 42.5 Å². The lowest BCUT2D eigenvalue weighted by Gasteiger charge is -2.14. The van der Waals surface area contributed by atoms with Crippen molar-refractivity contribution in [3.63, 3.8) is 0 Å². The maximum atomic E-state index is 6.04. The average Bonchev–Trinajstić information content (AvgIpc) is 2.86.